The van der Waals surface area contributed by atoms with Crippen LogP contribution in [0.3, 0.4) is 0 Å². The van der Waals surface area contributed by atoms with E-state index in [1.165, 1.54) is 11.3 Å². The maximum absolute atomic E-state index is 12.1. The van der Waals surface area contributed by atoms with E-state index in [2.05, 4.69) is 15.2 Å². The van der Waals surface area contributed by atoms with Gasteiger partial charge in [0.1, 0.15) is 0 Å². The first-order valence-corrected chi connectivity index (χ1v) is 9.35. The molecule has 0 saturated carbocycles. The number of hydrogen-bond acceptors (Lipinski definition) is 6. The lowest BCUT2D eigenvalue weighted by Crippen LogP contribution is -2.43. The van der Waals surface area contributed by atoms with Gasteiger partial charge in [0.2, 0.25) is 11.8 Å². The number of hydrogen-bond donors (Lipinski definition) is 2. The molecule has 1 atom stereocenters. The molecule has 2 heterocycles. The predicted molar refractivity (Wildman–Crippen MR) is 103 cm³/mol. The number of nitrogens with zero attached hydrogens (tertiary/aromatic N) is 3. The van der Waals surface area contributed by atoms with Crippen molar-refractivity contribution in [1.29, 1.82) is 0 Å². The van der Waals surface area contributed by atoms with Crippen molar-refractivity contribution in [2.24, 2.45) is 11.7 Å². The molecule has 3 N–H and O–H groups in total. The highest BCUT2D eigenvalue weighted by atomic mass is 35.5. The zero-order valence-corrected chi connectivity index (χ0v) is 16.5. The number of piperidine rings is 1. The number of carbonyl (C=O) groups excluding carboxylic acids is 2. The number of rotatable bonds is 7. The number of thiazole rings is 1. The van der Waals surface area contributed by atoms with Crippen molar-refractivity contribution < 1.29 is 9.59 Å². The van der Waals surface area contributed by atoms with Crippen molar-refractivity contribution in [1.82, 2.24) is 15.2 Å². The molecular weight excluding hydrogens is 362 g/mol. The summed E-state index contributed by atoms with van der Waals surface area (Å²) in [5, 5.41) is 5.62. The molecule has 25 heavy (non-hydrogen) atoms. The summed E-state index contributed by atoms with van der Waals surface area (Å²) in [5.74, 6) is 0.124. The molecule has 2 rings (SSSR count). The lowest BCUT2D eigenvalue weighted by molar-refractivity contribution is -0.126. The number of nitrogens with two attached hydrogens (primary N) is 1. The Morgan fingerprint density at radius 2 is 2.28 bits per heavy atom. The normalized spacial score (nSPS) is 17.6. The van der Waals surface area contributed by atoms with Gasteiger partial charge in [0.05, 0.1) is 11.6 Å². The number of likely N-dealkylation sites (tertiary alicyclic amines) is 1. The smallest absolute Gasteiger partial charge is 0.225 e. The summed E-state index contributed by atoms with van der Waals surface area (Å²) >= 11 is 1.49. The average molecular weight is 390 g/mol. The van der Waals surface area contributed by atoms with E-state index < -0.39 is 0 Å². The van der Waals surface area contributed by atoms with E-state index in [1.807, 2.05) is 12.3 Å². The molecule has 7 nitrogen and oxygen atoms in total. The topological polar surface area (TPSA) is 91.6 Å². The Balaban J connectivity index is 0.00000312. The summed E-state index contributed by atoms with van der Waals surface area (Å²) in [7, 11) is 0. The molecule has 0 radical (unpaired) electrons. The summed E-state index contributed by atoms with van der Waals surface area (Å²) in [5.41, 5.74) is 6.39. The van der Waals surface area contributed by atoms with E-state index in [4.69, 9.17) is 5.73 Å². The summed E-state index contributed by atoms with van der Waals surface area (Å²) in [6.07, 6.45) is 1.93. The van der Waals surface area contributed by atoms with E-state index in [9.17, 15) is 9.59 Å². The Hall–Kier alpha value is -1.22. The Labute approximate surface area is 159 Å². The fraction of sp³-hybridized carbons (Fsp3) is 0.688. The number of nitrogens with one attached hydrogen (secondary N) is 1. The van der Waals surface area contributed by atoms with Gasteiger partial charge in [0.15, 0.2) is 5.13 Å². The molecule has 0 bridgehead atoms. The molecule has 142 valence electrons. The number of carbonyl (C=O) groups is 2. The van der Waals surface area contributed by atoms with E-state index in [1.54, 1.807) is 11.8 Å². The monoisotopic (exact) mass is 389 g/mol. The van der Waals surface area contributed by atoms with Gasteiger partial charge in [-0.15, -0.1) is 23.7 Å². The molecule has 1 aliphatic heterocycles. The molecule has 0 spiro atoms. The maximum Gasteiger partial charge on any atom is 0.225 e. The SMILES string of the molecule is CCN(C(C)=O)c1nc(CN2CCCC(C(=O)NCCN)C2)cs1.Cl. The lowest BCUT2D eigenvalue weighted by Gasteiger charge is -2.31. The summed E-state index contributed by atoms with van der Waals surface area (Å²) in [4.78, 5) is 32.2. The van der Waals surface area contributed by atoms with Crippen LogP contribution in [0, 0.1) is 5.92 Å². The van der Waals surface area contributed by atoms with Gasteiger partial charge in [-0.25, -0.2) is 4.98 Å². The fourth-order valence-corrected chi connectivity index (χ4v) is 3.89. The van der Waals surface area contributed by atoms with Crippen LogP contribution in [0.2, 0.25) is 0 Å². The Morgan fingerprint density at radius 3 is 2.92 bits per heavy atom. The molecule has 1 saturated heterocycles. The Morgan fingerprint density at radius 1 is 1.52 bits per heavy atom. The van der Waals surface area contributed by atoms with Gasteiger partial charge in [-0.1, -0.05) is 0 Å². The zero-order valence-electron chi connectivity index (χ0n) is 14.9. The van der Waals surface area contributed by atoms with Gasteiger partial charge >= 0.3 is 0 Å². The Bertz CT molecular complexity index is 568. The largest absolute Gasteiger partial charge is 0.355 e. The highest BCUT2D eigenvalue weighted by molar-refractivity contribution is 7.14. The highest BCUT2D eigenvalue weighted by Gasteiger charge is 2.26. The van der Waals surface area contributed by atoms with Crippen LogP contribution in [0.4, 0.5) is 5.13 Å². The molecular formula is C16H28ClN5O2S. The zero-order chi connectivity index (χ0) is 17.5. The maximum atomic E-state index is 12.1. The first kappa shape index (κ1) is 21.8. The van der Waals surface area contributed by atoms with Crippen molar-refractivity contribution >= 4 is 40.7 Å². The molecule has 0 aliphatic carbocycles. The first-order valence-electron chi connectivity index (χ1n) is 8.47. The third-order valence-electron chi connectivity index (χ3n) is 4.17. The van der Waals surface area contributed by atoms with Crippen LogP contribution in [-0.2, 0) is 16.1 Å². The van der Waals surface area contributed by atoms with Crippen LogP contribution in [0.15, 0.2) is 5.38 Å². The molecule has 2 amide bonds. The third kappa shape index (κ3) is 6.22. The molecule has 1 aromatic rings. The molecule has 1 fully saturated rings. The minimum absolute atomic E-state index is 0. The van der Waals surface area contributed by atoms with Crippen molar-refractivity contribution in [3.05, 3.63) is 11.1 Å². The summed E-state index contributed by atoms with van der Waals surface area (Å²) in [6, 6.07) is 0. The van der Waals surface area contributed by atoms with Gasteiger partial charge in [0, 0.05) is 45.0 Å². The van der Waals surface area contributed by atoms with Crippen LogP contribution in [0.5, 0.6) is 0 Å². The fourth-order valence-electron chi connectivity index (χ4n) is 2.97. The average Bonchev–Trinajstić information content (AvgIpc) is 3.01. The van der Waals surface area contributed by atoms with E-state index >= 15 is 0 Å². The number of amides is 2. The summed E-state index contributed by atoms with van der Waals surface area (Å²) < 4.78 is 0. The van der Waals surface area contributed by atoms with Crippen LogP contribution in [0.25, 0.3) is 0 Å². The second-order valence-corrected chi connectivity index (χ2v) is 6.88. The second kappa shape index (κ2) is 10.7. The van der Waals surface area contributed by atoms with Crippen LogP contribution >= 0.6 is 23.7 Å². The predicted octanol–water partition coefficient (Wildman–Crippen LogP) is 1.22. The third-order valence-corrected chi connectivity index (χ3v) is 5.08. The van der Waals surface area contributed by atoms with Gasteiger partial charge in [-0.2, -0.15) is 0 Å². The standard InChI is InChI=1S/C16H27N5O2S.ClH/c1-3-21(12(2)22)16-19-14(11-24-16)10-20-8-4-5-13(9-20)15(23)18-7-6-17;/h11,13H,3-10,17H2,1-2H3,(H,18,23);1H. The van der Waals surface area contributed by atoms with Crippen molar-refractivity contribution in [3.8, 4) is 0 Å². The van der Waals surface area contributed by atoms with Gasteiger partial charge in [-0.3, -0.25) is 19.4 Å². The van der Waals surface area contributed by atoms with Crippen LogP contribution in [0.1, 0.15) is 32.4 Å². The number of halogens is 1. The lowest BCUT2D eigenvalue weighted by atomic mass is 9.97. The minimum atomic E-state index is 0. The number of anilines is 1. The Kier molecular flexibility index (Phi) is 9.34. The second-order valence-electron chi connectivity index (χ2n) is 6.04. The minimum Gasteiger partial charge on any atom is -0.355 e. The van der Waals surface area contributed by atoms with Gasteiger partial charge in [-0.05, 0) is 26.3 Å². The molecule has 1 unspecified atom stereocenters. The van der Waals surface area contributed by atoms with Crippen LogP contribution < -0.4 is 16.0 Å². The molecule has 9 heteroatoms. The van der Waals surface area contributed by atoms with Crippen molar-refractivity contribution in [2.45, 2.75) is 33.2 Å². The highest BCUT2D eigenvalue weighted by Crippen LogP contribution is 2.23. The molecule has 1 aliphatic rings. The van der Waals surface area contributed by atoms with E-state index in [-0.39, 0.29) is 30.1 Å². The summed E-state index contributed by atoms with van der Waals surface area (Å²) in [6.45, 7) is 7.54. The number of aromatic nitrogens is 1. The molecule has 0 aromatic carbocycles. The first-order chi connectivity index (χ1) is 11.5. The van der Waals surface area contributed by atoms with Crippen molar-refractivity contribution in [3.63, 3.8) is 0 Å². The van der Waals surface area contributed by atoms with E-state index in [0.717, 1.165) is 36.8 Å². The van der Waals surface area contributed by atoms with Gasteiger partial charge < -0.3 is 11.1 Å². The van der Waals surface area contributed by atoms with Crippen molar-refractivity contribution in [2.75, 3.05) is 37.6 Å². The van der Waals surface area contributed by atoms with Gasteiger partial charge in [0.25, 0.3) is 0 Å². The van der Waals surface area contributed by atoms with Crippen LogP contribution in [-0.4, -0.2) is 54.4 Å². The van der Waals surface area contributed by atoms with E-state index in [0.29, 0.717) is 26.2 Å². The quantitative estimate of drug-likeness (QED) is 0.731. The molecule has 1 aromatic heterocycles.